The van der Waals surface area contributed by atoms with Crippen molar-refractivity contribution in [1.82, 2.24) is 5.32 Å². The van der Waals surface area contributed by atoms with E-state index in [1.54, 1.807) is 23.9 Å². The normalized spacial score (nSPS) is 27.4. The van der Waals surface area contributed by atoms with Crippen molar-refractivity contribution >= 4 is 34.3 Å². The predicted molar refractivity (Wildman–Crippen MR) is 219 cm³/mol. The molecule has 7 unspecified atom stereocenters. The van der Waals surface area contributed by atoms with Crippen LogP contribution >= 0.6 is 11.8 Å². The van der Waals surface area contributed by atoms with Gasteiger partial charge in [0.2, 0.25) is 12.1 Å². The van der Waals surface area contributed by atoms with E-state index in [-0.39, 0.29) is 48.7 Å². The number of unbranched alkanes of at least 4 members (excludes halogenated alkanes) is 2. The first kappa shape index (κ1) is 40.3. The third-order valence-electron chi connectivity index (χ3n) is 11.6. The molecule has 2 fully saturated rings. The molecule has 300 valence electrons. The van der Waals surface area contributed by atoms with Gasteiger partial charge in [-0.15, -0.1) is 18.3 Å². The maximum atomic E-state index is 12.7. The van der Waals surface area contributed by atoms with Gasteiger partial charge in [-0.1, -0.05) is 60.5 Å². The number of benzene rings is 3. The third kappa shape index (κ3) is 8.82. The van der Waals surface area contributed by atoms with Crippen LogP contribution < -0.4 is 14.8 Å². The molecule has 10 nitrogen and oxygen atoms in total. The van der Waals surface area contributed by atoms with Gasteiger partial charge in [0, 0.05) is 49.0 Å². The summed E-state index contributed by atoms with van der Waals surface area (Å²) in [7, 11) is 0. The summed E-state index contributed by atoms with van der Waals surface area (Å²) in [6.07, 6.45) is 11.4. The van der Waals surface area contributed by atoms with Gasteiger partial charge in [0.05, 0.1) is 30.1 Å². The summed E-state index contributed by atoms with van der Waals surface area (Å²) in [5.74, 6) is -0.201. The fraction of sp³-hybridized carbons (Fsp3) is 0.511. The second-order valence-electron chi connectivity index (χ2n) is 15.2. The molecule has 7 atom stereocenters. The van der Waals surface area contributed by atoms with Crippen molar-refractivity contribution in [2.24, 2.45) is 22.9 Å². The van der Waals surface area contributed by atoms with Gasteiger partial charge in [-0.25, -0.2) is 4.79 Å². The maximum Gasteiger partial charge on any atom is 0.412 e. The van der Waals surface area contributed by atoms with E-state index < -0.39 is 18.2 Å². The van der Waals surface area contributed by atoms with Crippen molar-refractivity contribution in [3.05, 3.63) is 90.5 Å². The average Bonchev–Trinajstić information content (AvgIpc) is 3.21. The number of allylic oxidation sites excluding steroid dienone is 1. The molecule has 2 heterocycles. The van der Waals surface area contributed by atoms with Gasteiger partial charge in [0.1, 0.15) is 11.5 Å². The molecule has 3 aromatic carbocycles. The summed E-state index contributed by atoms with van der Waals surface area (Å²) < 4.78 is 26.2. The average molecular weight is 785 g/mol. The Bertz CT molecular complexity index is 1880. The molecule has 2 aliphatic heterocycles. The van der Waals surface area contributed by atoms with Crippen LogP contribution in [0.5, 0.6) is 11.5 Å². The van der Waals surface area contributed by atoms with E-state index in [4.69, 9.17) is 28.9 Å². The first-order valence-electron chi connectivity index (χ1n) is 20.4. The van der Waals surface area contributed by atoms with Crippen LogP contribution in [0.15, 0.2) is 95.0 Å². The monoisotopic (exact) mass is 784 g/mol. The van der Waals surface area contributed by atoms with Crippen LogP contribution in [-0.2, 0) is 14.3 Å². The van der Waals surface area contributed by atoms with Crippen molar-refractivity contribution in [1.29, 1.82) is 0 Å². The third-order valence-corrected chi connectivity index (χ3v) is 12.9. The van der Waals surface area contributed by atoms with E-state index in [1.807, 2.05) is 19.1 Å². The Morgan fingerprint density at radius 2 is 1.86 bits per heavy atom. The molecule has 0 bridgehead atoms. The molecule has 7 rings (SSSR count). The fourth-order valence-corrected chi connectivity index (χ4v) is 10.4. The van der Waals surface area contributed by atoms with E-state index in [0.717, 1.165) is 72.1 Å². The number of carbonyl (C=O) groups excluding carboxylic acids is 1. The number of rotatable bonds is 17. The standard InChI is InChI=1S/C45H56N2O8S/c1-3-24-52-45-40(56-34-20-18-30-13-5-6-14-31(30)26-34)29-38(47-55-41-17-9-12-25-51-41)36-27-32(15-7-10-22-48)35(16-8-11-23-49)42(43(36)45)37-28-33(19-21-39(37)54-45)53-44(50)46-4-2/h3,5-6,13-14,18-21,26-28,32,35,40-43,48-49H,1,4,7-12,15-17,22-25,29H2,2H3,(H,46,50). The van der Waals surface area contributed by atoms with E-state index in [9.17, 15) is 15.0 Å². The molecule has 1 amide bonds. The number of aliphatic hydroxyl groups excluding tert-OH is 2. The number of nitrogens with zero attached hydrogens (tertiary/aromatic N) is 1. The number of amides is 1. The Balaban J connectivity index is 1.41. The van der Waals surface area contributed by atoms with Crippen molar-refractivity contribution < 1.29 is 38.8 Å². The lowest BCUT2D eigenvalue weighted by atomic mass is 9.56. The number of hydrogen-bond donors (Lipinski definition) is 3. The van der Waals surface area contributed by atoms with Crippen LogP contribution in [0.25, 0.3) is 10.8 Å². The molecule has 0 aromatic heterocycles. The highest BCUT2D eigenvalue weighted by Crippen LogP contribution is 2.63. The zero-order valence-electron chi connectivity index (χ0n) is 32.4. The molecular formula is C45H56N2O8S. The van der Waals surface area contributed by atoms with Gasteiger partial charge in [-0.3, -0.25) is 0 Å². The second kappa shape index (κ2) is 19.0. The van der Waals surface area contributed by atoms with E-state index in [1.165, 1.54) is 5.39 Å². The minimum atomic E-state index is -1.14. The minimum Gasteiger partial charge on any atom is -0.460 e. The van der Waals surface area contributed by atoms with Gasteiger partial charge >= 0.3 is 6.09 Å². The first-order valence-corrected chi connectivity index (χ1v) is 21.3. The Morgan fingerprint density at radius 1 is 1.04 bits per heavy atom. The van der Waals surface area contributed by atoms with E-state index in [0.29, 0.717) is 43.9 Å². The molecule has 0 radical (unpaired) electrons. The number of fused-ring (bicyclic) bond motifs is 3. The van der Waals surface area contributed by atoms with Gasteiger partial charge < -0.3 is 39.3 Å². The maximum absolute atomic E-state index is 12.7. The largest absolute Gasteiger partial charge is 0.460 e. The quantitative estimate of drug-likeness (QED) is 0.0699. The summed E-state index contributed by atoms with van der Waals surface area (Å²) in [5, 5.41) is 29.5. The molecule has 4 aliphatic rings. The lowest BCUT2D eigenvalue weighted by molar-refractivity contribution is -0.223. The SMILES string of the molecule is C=CCOC12Oc3ccc(OC(=O)NCC)cc3C3C(CCCCO)C(CCCCO)C=C(C(=NOC4CCCCO4)CC1Sc1ccc4ccccc4c1)C32. The molecule has 2 aliphatic carbocycles. The smallest absolute Gasteiger partial charge is 0.412 e. The number of hydrogen-bond acceptors (Lipinski definition) is 10. The molecule has 3 N–H and O–H groups in total. The highest BCUT2D eigenvalue weighted by molar-refractivity contribution is 8.00. The lowest BCUT2D eigenvalue weighted by Crippen LogP contribution is -2.64. The van der Waals surface area contributed by atoms with Crippen LogP contribution in [0.2, 0.25) is 0 Å². The topological polar surface area (TPSA) is 128 Å². The van der Waals surface area contributed by atoms with Crippen molar-refractivity contribution in [2.75, 3.05) is 33.0 Å². The highest BCUT2D eigenvalue weighted by atomic mass is 32.2. The van der Waals surface area contributed by atoms with Crippen LogP contribution in [-0.4, -0.2) is 72.3 Å². The van der Waals surface area contributed by atoms with Gasteiger partial charge in [-0.05, 0) is 104 Å². The Morgan fingerprint density at radius 3 is 2.62 bits per heavy atom. The van der Waals surface area contributed by atoms with Crippen molar-refractivity contribution in [3.8, 4) is 11.5 Å². The van der Waals surface area contributed by atoms with Crippen LogP contribution in [0, 0.1) is 17.8 Å². The minimum absolute atomic E-state index is 0.121. The molecule has 11 heteroatoms. The first-order chi connectivity index (χ1) is 27.5. The number of nitrogens with one attached hydrogen (secondary N) is 1. The summed E-state index contributed by atoms with van der Waals surface area (Å²) in [6, 6.07) is 20.6. The summed E-state index contributed by atoms with van der Waals surface area (Å²) in [5.41, 5.74) is 2.85. The molecule has 3 aromatic rings. The number of aliphatic hydroxyl groups is 2. The van der Waals surface area contributed by atoms with E-state index >= 15 is 0 Å². The molecule has 0 spiro atoms. The second-order valence-corrected chi connectivity index (χ2v) is 16.5. The zero-order valence-corrected chi connectivity index (χ0v) is 33.2. The Labute approximate surface area is 334 Å². The summed E-state index contributed by atoms with van der Waals surface area (Å²) in [4.78, 5) is 20.0. The highest BCUT2D eigenvalue weighted by Gasteiger charge is 2.64. The van der Waals surface area contributed by atoms with Gasteiger partial charge in [0.25, 0.3) is 0 Å². The lowest BCUT2D eigenvalue weighted by Gasteiger charge is -2.58. The van der Waals surface area contributed by atoms with Crippen molar-refractivity contribution in [2.45, 2.75) is 99.3 Å². The predicted octanol–water partition coefficient (Wildman–Crippen LogP) is 8.90. The van der Waals surface area contributed by atoms with Crippen molar-refractivity contribution in [3.63, 3.8) is 0 Å². The molecule has 1 saturated heterocycles. The fourth-order valence-electron chi connectivity index (χ4n) is 9.10. The molecular weight excluding hydrogens is 729 g/mol. The Hall–Kier alpha value is -3.87. The van der Waals surface area contributed by atoms with Crippen LogP contribution in [0.4, 0.5) is 4.79 Å². The van der Waals surface area contributed by atoms with Crippen LogP contribution in [0.1, 0.15) is 82.6 Å². The van der Waals surface area contributed by atoms with Crippen LogP contribution in [0.3, 0.4) is 0 Å². The van der Waals surface area contributed by atoms with Gasteiger partial charge in [-0.2, -0.15) is 0 Å². The summed E-state index contributed by atoms with van der Waals surface area (Å²) >= 11 is 1.73. The van der Waals surface area contributed by atoms with E-state index in [2.05, 4.69) is 60.4 Å². The molecule has 1 saturated carbocycles. The number of oxime groups is 1. The zero-order chi connectivity index (χ0) is 38.9. The Kier molecular flexibility index (Phi) is 13.7. The summed E-state index contributed by atoms with van der Waals surface area (Å²) in [6.45, 7) is 7.53. The molecule has 56 heavy (non-hydrogen) atoms. The number of ether oxygens (including phenoxy) is 4. The number of carbonyl (C=O) groups is 1. The number of thioether (sulfide) groups is 1. The van der Waals surface area contributed by atoms with Gasteiger partial charge in [0.15, 0.2) is 0 Å².